The van der Waals surface area contributed by atoms with Gasteiger partial charge >= 0.3 is 0 Å². The van der Waals surface area contributed by atoms with E-state index in [0.29, 0.717) is 18.2 Å². The number of anilines is 1. The van der Waals surface area contributed by atoms with E-state index in [2.05, 4.69) is 39.1 Å². The van der Waals surface area contributed by atoms with Gasteiger partial charge in [0.15, 0.2) is 0 Å². The first-order valence-corrected chi connectivity index (χ1v) is 9.46. The second kappa shape index (κ2) is 8.29. The number of carbonyl (C=O) groups is 1. The van der Waals surface area contributed by atoms with Gasteiger partial charge in [-0.05, 0) is 44.2 Å². The van der Waals surface area contributed by atoms with Crippen molar-refractivity contribution in [3.63, 3.8) is 0 Å². The monoisotopic (exact) mass is 356 g/mol. The lowest BCUT2D eigenvalue weighted by atomic mass is 10.1. The number of aryl methyl sites for hydroxylation is 1. The fourth-order valence-corrected chi connectivity index (χ4v) is 3.40. The Balaban J connectivity index is 1.66. The van der Waals surface area contributed by atoms with E-state index >= 15 is 0 Å². The van der Waals surface area contributed by atoms with Crippen molar-refractivity contribution < 1.29 is 4.79 Å². The summed E-state index contributed by atoms with van der Waals surface area (Å²) in [5.74, 6) is 1.20. The van der Waals surface area contributed by atoms with Crippen LogP contribution in [0.25, 0.3) is 0 Å². The highest BCUT2D eigenvalue weighted by molar-refractivity contribution is 5.93. The topological polar surface area (TPSA) is 75.9 Å². The van der Waals surface area contributed by atoms with Gasteiger partial charge in [0.2, 0.25) is 5.95 Å². The number of rotatable bonds is 6. The predicted octanol–water partition coefficient (Wildman–Crippen LogP) is 2.29. The summed E-state index contributed by atoms with van der Waals surface area (Å²) < 4.78 is 1.80. The van der Waals surface area contributed by atoms with Gasteiger partial charge < -0.3 is 10.2 Å². The van der Waals surface area contributed by atoms with Crippen LogP contribution in [0, 0.1) is 5.92 Å². The van der Waals surface area contributed by atoms with Gasteiger partial charge in [0.25, 0.3) is 5.91 Å². The number of nitrogens with zero attached hydrogens (tertiary/aromatic N) is 5. The Labute approximate surface area is 154 Å². The van der Waals surface area contributed by atoms with E-state index in [-0.39, 0.29) is 11.9 Å². The molecule has 140 valence electrons. The van der Waals surface area contributed by atoms with Crippen LogP contribution in [0.3, 0.4) is 0 Å². The highest BCUT2D eigenvalue weighted by atomic mass is 16.2. The smallest absolute Gasteiger partial charge is 0.269 e. The van der Waals surface area contributed by atoms with Crippen molar-refractivity contribution in [1.82, 2.24) is 25.1 Å². The van der Waals surface area contributed by atoms with E-state index in [9.17, 15) is 4.79 Å². The van der Waals surface area contributed by atoms with Crippen LogP contribution in [-0.4, -0.2) is 44.8 Å². The van der Waals surface area contributed by atoms with Crippen LogP contribution in [0.4, 0.5) is 5.95 Å². The van der Waals surface area contributed by atoms with Crippen LogP contribution in [0.1, 0.15) is 49.8 Å². The van der Waals surface area contributed by atoms with Crippen LogP contribution in [0.15, 0.2) is 24.5 Å². The van der Waals surface area contributed by atoms with Gasteiger partial charge in [-0.15, -0.1) is 0 Å². The van der Waals surface area contributed by atoms with Gasteiger partial charge in [-0.1, -0.05) is 13.8 Å². The minimum absolute atomic E-state index is 0.0461. The zero-order chi connectivity index (χ0) is 18.5. The summed E-state index contributed by atoms with van der Waals surface area (Å²) in [6, 6.07) is 3.83. The maximum atomic E-state index is 12.8. The fraction of sp³-hybridized carbons (Fsp3) is 0.579. The van der Waals surface area contributed by atoms with Gasteiger partial charge in [0.05, 0.1) is 5.69 Å². The minimum Gasteiger partial charge on any atom is -0.346 e. The zero-order valence-corrected chi connectivity index (χ0v) is 15.9. The van der Waals surface area contributed by atoms with Gasteiger partial charge in [0.1, 0.15) is 5.69 Å². The molecule has 0 aliphatic carbocycles. The fourth-order valence-electron chi connectivity index (χ4n) is 3.40. The third-order valence-electron chi connectivity index (χ3n) is 4.57. The summed E-state index contributed by atoms with van der Waals surface area (Å²) in [4.78, 5) is 23.6. The molecule has 0 spiro atoms. The van der Waals surface area contributed by atoms with Crippen LogP contribution in [0.5, 0.6) is 0 Å². The third kappa shape index (κ3) is 4.39. The van der Waals surface area contributed by atoms with Crippen molar-refractivity contribution in [3.8, 4) is 0 Å². The molecule has 1 N–H and O–H groups in total. The van der Waals surface area contributed by atoms with E-state index in [4.69, 9.17) is 0 Å². The summed E-state index contributed by atoms with van der Waals surface area (Å²) in [6.45, 7) is 8.67. The molecule has 2 aromatic heterocycles. The molecule has 2 aromatic rings. The number of aromatic nitrogens is 4. The number of carbonyl (C=O) groups excluding carboxylic acids is 1. The van der Waals surface area contributed by atoms with Gasteiger partial charge in [-0.2, -0.15) is 5.10 Å². The highest BCUT2D eigenvalue weighted by Crippen LogP contribution is 2.16. The number of amides is 1. The quantitative estimate of drug-likeness (QED) is 0.859. The second-order valence-electron chi connectivity index (χ2n) is 7.24. The molecule has 3 rings (SSSR count). The maximum absolute atomic E-state index is 12.8. The first-order valence-electron chi connectivity index (χ1n) is 9.46. The average molecular weight is 356 g/mol. The molecule has 7 heteroatoms. The van der Waals surface area contributed by atoms with E-state index in [1.54, 1.807) is 17.1 Å². The van der Waals surface area contributed by atoms with Crippen molar-refractivity contribution in [1.29, 1.82) is 0 Å². The van der Waals surface area contributed by atoms with Gasteiger partial charge in [0, 0.05) is 38.1 Å². The summed E-state index contributed by atoms with van der Waals surface area (Å²) in [7, 11) is 0. The number of nitrogens with one attached hydrogen (secondary N) is 1. The molecule has 1 saturated heterocycles. The van der Waals surface area contributed by atoms with Crippen molar-refractivity contribution in [2.24, 2.45) is 5.92 Å². The molecular weight excluding hydrogens is 328 g/mol. The molecule has 3 heterocycles. The Morgan fingerprint density at radius 3 is 2.81 bits per heavy atom. The Hall–Kier alpha value is -2.44. The SMILES string of the molecule is CCn1nc(CC(C)C)cc1C(=O)N[C@H]1CCCN(c2ncccn2)C1. The molecule has 1 atom stereocenters. The lowest BCUT2D eigenvalue weighted by Gasteiger charge is -2.33. The maximum Gasteiger partial charge on any atom is 0.269 e. The summed E-state index contributed by atoms with van der Waals surface area (Å²) >= 11 is 0. The molecule has 1 amide bonds. The van der Waals surface area contributed by atoms with E-state index in [1.165, 1.54) is 0 Å². The van der Waals surface area contributed by atoms with E-state index < -0.39 is 0 Å². The van der Waals surface area contributed by atoms with Crippen molar-refractivity contribution in [2.75, 3.05) is 18.0 Å². The Kier molecular flexibility index (Phi) is 5.85. The molecule has 7 nitrogen and oxygen atoms in total. The standard InChI is InChI=1S/C19H28N6O/c1-4-25-17(12-16(23-25)11-14(2)3)18(26)22-15-7-5-10-24(13-15)19-20-8-6-9-21-19/h6,8-9,12,14-15H,4-5,7,10-11,13H2,1-3H3,(H,22,26)/t15-/m0/s1. The van der Waals surface area contributed by atoms with Crippen LogP contribution < -0.4 is 10.2 Å². The summed E-state index contributed by atoms with van der Waals surface area (Å²) in [5, 5.41) is 7.75. The zero-order valence-electron chi connectivity index (χ0n) is 15.9. The molecular formula is C19H28N6O. The van der Waals surface area contributed by atoms with Crippen molar-refractivity contribution >= 4 is 11.9 Å². The number of hydrogen-bond donors (Lipinski definition) is 1. The average Bonchev–Trinajstić information content (AvgIpc) is 3.05. The summed E-state index contributed by atoms with van der Waals surface area (Å²) in [5.41, 5.74) is 1.63. The van der Waals surface area contributed by atoms with Crippen LogP contribution in [-0.2, 0) is 13.0 Å². The van der Waals surface area contributed by atoms with Crippen LogP contribution in [0.2, 0.25) is 0 Å². The first kappa shape index (κ1) is 18.4. The Morgan fingerprint density at radius 1 is 1.35 bits per heavy atom. The minimum atomic E-state index is -0.0461. The number of piperidine rings is 1. The molecule has 0 unspecified atom stereocenters. The second-order valence-corrected chi connectivity index (χ2v) is 7.24. The van der Waals surface area contributed by atoms with Gasteiger partial charge in [-0.3, -0.25) is 9.48 Å². The van der Waals surface area contributed by atoms with Crippen LogP contribution >= 0.6 is 0 Å². The molecule has 0 aromatic carbocycles. The largest absolute Gasteiger partial charge is 0.346 e. The third-order valence-corrected chi connectivity index (χ3v) is 4.57. The predicted molar refractivity (Wildman–Crippen MR) is 101 cm³/mol. The normalized spacial score (nSPS) is 17.5. The lowest BCUT2D eigenvalue weighted by molar-refractivity contribution is 0.0922. The molecule has 1 fully saturated rings. The molecule has 26 heavy (non-hydrogen) atoms. The molecule has 0 saturated carbocycles. The van der Waals surface area contributed by atoms with E-state index in [1.807, 2.05) is 19.1 Å². The van der Waals surface area contributed by atoms with Crippen molar-refractivity contribution in [3.05, 3.63) is 35.9 Å². The van der Waals surface area contributed by atoms with Gasteiger partial charge in [-0.25, -0.2) is 9.97 Å². The Bertz CT molecular complexity index is 727. The lowest BCUT2D eigenvalue weighted by Crippen LogP contribution is -2.48. The Morgan fingerprint density at radius 2 is 2.12 bits per heavy atom. The van der Waals surface area contributed by atoms with E-state index in [0.717, 1.165) is 44.0 Å². The summed E-state index contributed by atoms with van der Waals surface area (Å²) in [6.07, 6.45) is 6.36. The molecule has 0 bridgehead atoms. The molecule has 0 radical (unpaired) electrons. The number of hydrogen-bond acceptors (Lipinski definition) is 5. The van der Waals surface area contributed by atoms with Crippen molar-refractivity contribution in [2.45, 2.75) is 52.6 Å². The highest BCUT2D eigenvalue weighted by Gasteiger charge is 2.25. The molecule has 1 aliphatic heterocycles. The molecule has 1 aliphatic rings. The first-order chi connectivity index (χ1) is 12.6.